The molecule has 1 aliphatic heterocycles. The van der Waals surface area contributed by atoms with Crippen molar-refractivity contribution in [3.05, 3.63) is 11.6 Å². The Morgan fingerprint density at radius 2 is 2.20 bits per heavy atom. The van der Waals surface area contributed by atoms with E-state index in [-0.39, 0.29) is 5.92 Å². The molecule has 0 aliphatic carbocycles. The van der Waals surface area contributed by atoms with Gasteiger partial charge in [0.15, 0.2) is 0 Å². The summed E-state index contributed by atoms with van der Waals surface area (Å²) in [4.78, 5) is 3.52. The highest BCUT2D eigenvalue weighted by molar-refractivity contribution is 5.05. The van der Waals surface area contributed by atoms with E-state index in [9.17, 15) is 13.2 Å². The van der Waals surface area contributed by atoms with Crippen molar-refractivity contribution >= 4 is 0 Å². The van der Waals surface area contributed by atoms with E-state index < -0.39 is 12.0 Å². The normalized spacial score (nSPS) is 21.5. The molecular weight excluding hydrogens is 209 g/mol. The highest BCUT2D eigenvalue weighted by Crippen LogP contribution is 2.30. The summed E-state index contributed by atoms with van der Waals surface area (Å²) in [6, 6.07) is 0. The summed E-state index contributed by atoms with van der Waals surface area (Å²) < 4.78 is 38.3. The van der Waals surface area contributed by atoms with Gasteiger partial charge in [-0.05, 0) is 12.8 Å². The Balaban J connectivity index is 2.37. The molecule has 0 saturated carbocycles. The van der Waals surface area contributed by atoms with E-state index in [1.165, 1.54) is 4.68 Å². The number of halogens is 3. The van der Waals surface area contributed by atoms with Crippen LogP contribution in [0.25, 0.3) is 0 Å². The van der Waals surface area contributed by atoms with E-state index in [2.05, 4.69) is 10.1 Å². The lowest BCUT2D eigenvalue weighted by atomic mass is 10.00. The summed E-state index contributed by atoms with van der Waals surface area (Å²) in [6.45, 7) is 0.810. The topological polar surface area (TPSA) is 56.7 Å². The zero-order valence-electron chi connectivity index (χ0n) is 7.96. The lowest BCUT2D eigenvalue weighted by molar-refractivity contribution is -0.145. The summed E-state index contributed by atoms with van der Waals surface area (Å²) >= 11 is 0. The molecule has 2 rings (SSSR count). The number of nitrogens with two attached hydrogens (primary N) is 1. The van der Waals surface area contributed by atoms with E-state index in [0.29, 0.717) is 18.9 Å². The summed E-state index contributed by atoms with van der Waals surface area (Å²) in [5, 5.41) is 3.45. The quantitative estimate of drug-likeness (QED) is 0.771. The number of aryl methyl sites for hydroxylation is 1. The number of aromatic nitrogens is 3. The zero-order chi connectivity index (χ0) is 11.1. The summed E-state index contributed by atoms with van der Waals surface area (Å²) in [5.41, 5.74) is 5.47. The van der Waals surface area contributed by atoms with Crippen molar-refractivity contribution in [3.63, 3.8) is 0 Å². The van der Waals surface area contributed by atoms with Gasteiger partial charge in [-0.1, -0.05) is 0 Å². The van der Waals surface area contributed by atoms with Crippen LogP contribution in [-0.4, -0.2) is 21.3 Å². The monoisotopic (exact) mass is 220 g/mol. The van der Waals surface area contributed by atoms with Crippen molar-refractivity contribution in [3.8, 4) is 0 Å². The Morgan fingerprint density at radius 3 is 2.80 bits per heavy atom. The number of hydrogen-bond acceptors (Lipinski definition) is 3. The molecule has 84 valence electrons. The summed E-state index contributed by atoms with van der Waals surface area (Å²) in [6.07, 6.45) is -2.88. The van der Waals surface area contributed by atoms with Gasteiger partial charge in [-0.25, -0.2) is 9.67 Å². The first-order chi connectivity index (χ1) is 7.02. The highest BCUT2D eigenvalue weighted by Gasteiger charge is 2.38. The van der Waals surface area contributed by atoms with Crippen molar-refractivity contribution in [2.45, 2.75) is 31.5 Å². The predicted octanol–water partition coefficient (Wildman–Crippen LogP) is 1.13. The Hall–Kier alpha value is -1.11. The predicted molar refractivity (Wildman–Crippen MR) is 46.1 cm³/mol. The maximum atomic E-state index is 12.3. The van der Waals surface area contributed by atoms with Crippen LogP contribution in [0.3, 0.4) is 0 Å². The van der Waals surface area contributed by atoms with E-state index in [0.717, 1.165) is 12.8 Å². The summed E-state index contributed by atoms with van der Waals surface area (Å²) in [5.74, 6) is -0.781. The van der Waals surface area contributed by atoms with Crippen LogP contribution in [0.1, 0.15) is 30.4 Å². The number of hydrogen-bond donors (Lipinski definition) is 1. The molecule has 2 heterocycles. The van der Waals surface area contributed by atoms with Crippen LogP contribution in [0.5, 0.6) is 0 Å². The molecule has 0 aromatic carbocycles. The van der Waals surface area contributed by atoms with Gasteiger partial charge in [-0.15, -0.1) is 5.10 Å². The van der Waals surface area contributed by atoms with Crippen molar-refractivity contribution < 1.29 is 13.2 Å². The molecule has 1 unspecified atom stereocenters. The van der Waals surface area contributed by atoms with E-state index in [4.69, 9.17) is 5.73 Å². The van der Waals surface area contributed by atoms with Gasteiger partial charge in [0.2, 0.25) is 0 Å². The molecule has 2 N–H and O–H groups in total. The number of nitrogens with zero attached hydrogens (tertiary/aromatic N) is 3. The van der Waals surface area contributed by atoms with Gasteiger partial charge in [0.1, 0.15) is 5.82 Å². The van der Waals surface area contributed by atoms with Crippen LogP contribution in [0.2, 0.25) is 0 Å². The Morgan fingerprint density at radius 1 is 1.47 bits per heavy atom. The third kappa shape index (κ3) is 1.83. The maximum Gasteiger partial charge on any atom is 0.453 e. The second-order valence-electron chi connectivity index (χ2n) is 3.59. The third-order valence-electron chi connectivity index (χ3n) is 2.53. The molecule has 0 spiro atoms. The van der Waals surface area contributed by atoms with Gasteiger partial charge in [-0.3, -0.25) is 0 Å². The Labute approximate surface area is 84.3 Å². The standard InChI is InChI=1S/C8H11F3N4/c9-8(10,11)7-13-6-5(4-12)2-1-3-15(6)14-7/h5H,1-4,12H2. The minimum atomic E-state index is -4.47. The molecule has 0 bridgehead atoms. The van der Waals surface area contributed by atoms with E-state index in [1.54, 1.807) is 0 Å². The van der Waals surface area contributed by atoms with Gasteiger partial charge < -0.3 is 5.73 Å². The average Bonchev–Trinajstić information content (AvgIpc) is 2.59. The largest absolute Gasteiger partial charge is 0.453 e. The Kier molecular flexibility index (Phi) is 2.41. The van der Waals surface area contributed by atoms with Crippen LogP contribution in [0, 0.1) is 0 Å². The summed E-state index contributed by atoms with van der Waals surface area (Å²) in [7, 11) is 0. The second kappa shape index (κ2) is 3.48. The van der Waals surface area contributed by atoms with Gasteiger partial charge in [-0.2, -0.15) is 13.2 Å². The first-order valence-corrected chi connectivity index (χ1v) is 4.74. The fourth-order valence-corrected chi connectivity index (χ4v) is 1.78. The number of alkyl halides is 3. The zero-order valence-corrected chi connectivity index (χ0v) is 7.96. The highest BCUT2D eigenvalue weighted by atomic mass is 19.4. The molecule has 1 atom stereocenters. The van der Waals surface area contributed by atoms with Crippen LogP contribution in [0.15, 0.2) is 0 Å². The number of rotatable bonds is 1. The molecule has 7 heteroatoms. The van der Waals surface area contributed by atoms with Crippen LogP contribution < -0.4 is 5.73 Å². The van der Waals surface area contributed by atoms with Crippen molar-refractivity contribution in [1.82, 2.24) is 14.8 Å². The average molecular weight is 220 g/mol. The maximum absolute atomic E-state index is 12.3. The van der Waals surface area contributed by atoms with Crippen molar-refractivity contribution in [1.29, 1.82) is 0 Å². The molecule has 0 fully saturated rings. The first kappa shape index (κ1) is 10.4. The first-order valence-electron chi connectivity index (χ1n) is 4.74. The smallest absolute Gasteiger partial charge is 0.330 e. The lowest BCUT2D eigenvalue weighted by Crippen LogP contribution is -2.22. The van der Waals surface area contributed by atoms with Crippen LogP contribution >= 0.6 is 0 Å². The second-order valence-corrected chi connectivity index (χ2v) is 3.59. The molecule has 0 saturated heterocycles. The van der Waals surface area contributed by atoms with Crippen LogP contribution in [-0.2, 0) is 12.7 Å². The minimum Gasteiger partial charge on any atom is -0.330 e. The fourth-order valence-electron chi connectivity index (χ4n) is 1.78. The van der Waals surface area contributed by atoms with Crippen molar-refractivity contribution in [2.24, 2.45) is 5.73 Å². The van der Waals surface area contributed by atoms with Gasteiger partial charge in [0.25, 0.3) is 5.82 Å². The number of fused-ring (bicyclic) bond motifs is 1. The molecule has 15 heavy (non-hydrogen) atoms. The molecule has 1 aliphatic rings. The Bertz CT molecular complexity index is 357. The molecule has 1 aromatic rings. The molecule has 0 amide bonds. The van der Waals surface area contributed by atoms with Gasteiger partial charge in [0, 0.05) is 19.0 Å². The van der Waals surface area contributed by atoms with Crippen molar-refractivity contribution in [2.75, 3.05) is 6.54 Å². The van der Waals surface area contributed by atoms with Gasteiger partial charge in [0.05, 0.1) is 0 Å². The molecule has 4 nitrogen and oxygen atoms in total. The van der Waals surface area contributed by atoms with Gasteiger partial charge >= 0.3 is 6.18 Å². The molecular formula is C8H11F3N4. The van der Waals surface area contributed by atoms with Crippen LogP contribution in [0.4, 0.5) is 13.2 Å². The van der Waals surface area contributed by atoms with E-state index in [1.807, 2.05) is 0 Å². The third-order valence-corrected chi connectivity index (χ3v) is 2.53. The fraction of sp³-hybridized carbons (Fsp3) is 0.750. The molecule has 1 aromatic heterocycles. The van der Waals surface area contributed by atoms with E-state index >= 15 is 0 Å². The lowest BCUT2D eigenvalue weighted by Gasteiger charge is -2.19. The molecule has 0 radical (unpaired) electrons. The minimum absolute atomic E-state index is 0.0950. The SMILES string of the molecule is NCC1CCCn2nc(C(F)(F)F)nc21.